The van der Waals surface area contributed by atoms with Crippen LogP contribution in [0, 0.1) is 0 Å². The standard InChI is InChI=1S/C24H23ClF6O2/c1-3-20(32-4-2)22(10-5-11-22)17-12-18(15-6-8-16(9-7-15)24(29,30)31)21(25)19(13-17)33-14-23(26,27)28/h3,6-9,12-13H,4-5,10-11,14H2,1-2H3. The van der Waals surface area contributed by atoms with Crippen molar-refractivity contribution >= 4 is 11.6 Å². The lowest BCUT2D eigenvalue weighted by Gasteiger charge is -2.44. The van der Waals surface area contributed by atoms with Gasteiger partial charge in [0.1, 0.15) is 11.5 Å². The molecule has 0 saturated heterocycles. The van der Waals surface area contributed by atoms with Crippen molar-refractivity contribution in [3.8, 4) is 16.9 Å². The molecule has 2 aromatic rings. The van der Waals surface area contributed by atoms with Gasteiger partial charge in [-0.3, -0.25) is 0 Å². The van der Waals surface area contributed by atoms with Crippen LogP contribution in [0.4, 0.5) is 26.3 Å². The second kappa shape index (κ2) is 9.49. The van der Waals surface area contributed by atoms with Crippen LogP contribution in [0.1, 0.15) is 44.2 Å². The molecule has 3 rings (SSSR count). The molecule has 0 radical (unpaired) electrons. The van der Waals surface area contributed by atoms with Crippen LogP contribution < -0.4 is 4.74 Å². The number of benzene rings is 2. The minimum Gasteiger partial charge on any atom is -0.498 e. The van der Waals surface area contributed by atoms with E-state index in [-0.39, 0.29) is 10.8 Å². The van der Waals surface area contributed by atoms with Crippen LogP contribution in [-0.2, 0) is 16.3 Å². The zero-order chi connectivity index (χ0) is 24.4. The minimum absolute atomic E-state index is 0.101. The molecule has 0 spiro atoms. The lowest BCUT2D eigenvalue weighted by atomic mass is 9.62. The summed E-state index contributed by atoms with van der Waals surface area (Å²) in [6, 6.07) is 7.48. The maximum Gasteiger partial charge on any atom is 0.422 e. The molecule has 2 aromatic carbocycles. The van der Waals surface area contributed by atoms with E-state index in [9.17, 15) is 26.3 Å². The molecule has 0 heterocycles. The Balaban J connectivity index is 2.14. The summed E-state index contributed by atoms with van der Waals surface area (Å²) in [6.45, 7) is 2.53. The van der Waals surface area contributed by atoms with E-state index in [2.05, 4.69) is 0 Å². The van der Waals surface area contributed by atoms with Crippen LogP contribution in [0.2, 0.25) is 5.02 Å². The molecular formula is C24H23ClF6O2. The molecule has 0 N–H and O–H groups in total. The Kier molecular flexibility index (Phi) is 7.27. The van der Waals surface area contributed by atoms with E-state index in [1.165, 1.54) is 18.2 Å². The van der Waals surface area contributed by atoms with Crippen molar-refractivity contribution < 1.29 is 35.8 Å². The molecule has 1 saturated carbocycles. The number of halogens is 7. The van der Waals surface area contributed by atoms with Crippen molar-refractivity contribution in [1.29, 1.82) is 0 Å². The van der Waals surface area contributed by atoms with Crippen LogP contribution in [0.3, 0.4) is 0 Å². The summed E-state index contributed by atoms with van der Waals surface area (Å²) in [6.07, 6.45) is -4.97. The fourth-order valence-electron chi connectivity index (χ4n) is 4.05. The molecule has 0 aliphatic heterocycles. The second-order valence-electron chi connectivity index (χ2n) is 7.84. The molecule has 0 amide bonds. The smallest absolute Gasteiger partial charge is 0.422 e. The summed E-state index contributed by atoms with van der Waals surface area (Å²) in [7, 11) is 0. The van der Waals surface area contributed by atoms with E-state index in [0.29, 0.717) is 41.9 Å². The maximum atomic E-state index is 13.0. The fourth-order valence-corrected chi connectivity index (χ4v) is 4.32. The van der Waals surface area contributed by atoms with Crippen LogP contribution in [0.15, 0.2) is 48.2 Å². The highest BCUT2D eigenvalue weighted by molar-refractivity contribution is 6.34. The molecule has 180 valence electrons. The molecule has 1 aliphatic carbocycles. The van der Waals surface area contributed by atoms with Gasteiger partial charge in [0, 0.05) is 5.56 Å². The Hall–Kier alpha value is -2.35. The molecule has 2 nitrogen and oxygen atoms in total. The Labute approximate surface area is 193 Å². The van der Waals surface area contributed by atoms with Crippen LogP contribution in [0.25, 0.3) is 11.1 Å². The zero-order valence-corrected chi connectivity index (χ0v) is 18.8. The summed E-state index contributed by atoms with van der Waals surface area (Å²) in [5, 5.41) is -0.101. The molecular weight excluding hydrogens is 470 g/mol. The molecule has 33 heavy (non-hydrogen) atoms. The normalized spacial score (nSPS) is 16.3. The van der Waals surface area contributed by atoms with E-state index >= 15 is 0 Å². The lowest BCUT2D eigenvalue weighted by molar-refractivity contribution is -0.153. The van der Waals surface area contributed by atoms with Crippen LogP contribution >= 0.6 is 11.6 Å². The van der Waals surface area contributed by atoms with E-state index in [4.69, 9.17) is 21.1 Å². The molecule has 0 bridgehead atoms. The lowest BCUT2D eigenvalue weighted by Crippen LogP contribution is -2.37. The van der Waals surface area contributed by atoms with Crippen molar-refractivity contribution in [3.63, 3.8) is 0 Å². The Morgan fingerprint density at radius 3 is 2.15 bits per heavy atom. The van der Waals surface area contributed by atoms with Gasteiger partial charge in [-0.05, 0) is 68.2 Å². The van der Waals surface area contributed by atoms with E-state index < -0.39 is 29.9 Å². The monoisotopic (exact) mass is 492 g/mol. The van der Waals surface area contributed by atoms with Gasteiger partial charge < -0.3 is 9.47 Å². The minimum atomic E-state index is -4.58. The van der Waals surface area contributed by atoms with Crippen LogP contribution in [-0.4, -0.2) is 19.4 Å². The zero-order valence-electron chi connectivity index (χ0n) is 18.0. The number of rotatable bonds is 7. The first-order valence-electron chi connectivity index (χ1n) is 10.4. The summed E-state index contributed by atoms with van der Waals surface area (Å²) >= 11 is 6.40. The van der Waals surface area contributed by atoms with Gasteiger partial charge >= 0.3 is 12.4 Å². The largest absolute Gasteiger partial charge is 0.498 e. The van der Waals surface area contributed by atoms with Gasteiger partial charge in [0.25, 0.3) is 0 Å². The third-order valence-electron chi connectivity index (χ3n) is 5.75. The fraction of sp³-hybridized carbons (Fsp3) is 0.417. The number of hydrogen-bond acceptors (Lipinski definition) is 2. The molecule has 0 aromatic heterocycles. The van der Waals surface area contributed by atoms with Gasteiger partial charge in [-0.1, -0.05) is 30.2 Å². The van der Waals surface area contributed by atoms with Gasteiger partial charge in [0.15, 0.2) is 6.61 Å². The van der Waals surface area contributed by atoms with Crippen molar-refractivity contribution in [3.05, 3.63) is 64.4 Å². The summed E-state index contributed by atoms with van der Waals surface area (Å²) in [4.78, 5) is 0. The quantitative estimate of drug-likeness (QED) is 0.286. The molecule has 0 unspecified atom stereocenters. The van der Waals surface area contributed by atoms with Crippen molar-refractivity contribution in [2.75, 3.05) is 13.2 Å². The van der Waals surface area contributed by atoms with E-state index in [1.807, 2.05) is 19.9 Å². The summed E-state index contributed by atoms with van der Waals surface area (Å²) in [5.41, 5.74) is -0.133. The van der Waals surface area contributed by atoms with E-state index in [0.717, 1.165) is 18.6 Å². The Bertz CT molecular complexity index is 1010. The first kappa shape index (κ1) is 25.3. The highest BCUT2D eigenvalue weighted by Gasteiger charge is 2.44. The number of ether oxygens (including phenoxy) is 2. The van der Waals surface area contributed by atoms with Gasteiger partial charge in [0.05, 0.1) is 22.6 Å². The van der Waals surface area contributed by atoms with Gasteiger partial charge in [-0.15, -0.1) is 0 Å². The topological polar surface area (TPSA) is 18.5 Å². The third kappa shape index (κ3) is 5.42. The maximum absolute atomic E-state index is 13.0. The summed E-state index contributed by atoms with van der Waals surface area (Å²) < 4.78 is 88.3. The SMILES string of the molecule is CC=C(OCC)C1(c2cc(OCC(F)(F)F)c(Cl)c(-c3ccc(C(F)(F)F)cc3)c2)CCC1. The van der Waals surface area contributed by atoms with Crippen molar-refractivity contribution in [2.45, 2.75) is 50.9 Å². The predicted octanol–water partition coefficient (Wildman–Crippen LogP) is 8.33. The Morgan fingerprint density at radius 2 is 1.70 bits per heavy atom. The first-order valence-corrected chi connectivity index (χ1v) is 10.8. The van der Waals surface area contributed by atoms with Gasteiger partial charge in [-0.2, -0.15) is 26.3 Å². The highest BCUT2D eigenvalue weighted by Crippen LogP contribution is 2.52. The average molecular weight is 493 g/mol. The van der Waals surface area contributed by atoms with E-state index in [1.54, 1.807) is 6.07 Å². The molecule has 0 atom stereocenters. The first-order chi connectivity index (χ1) is 15.4. The van der Waals surface area contributed by atoms with Crippen molar-refractivity contribution in [1.82, 2.24) is 0 Å². The second-order valence-corrected chi connectivity index (χ2v) is 8.21. The van der Waals surface area contributed by atoms with Gasteiger partial charge in [-0.25, -0.2) is 0 Å². The predicted molar refractivity (Wildman–Crippen MR) is 114 cm³/mol. The van der Waals surface area contributed by atoms with Gasteiger partial charge in [0.2, 0.25) is 0 Å². The number of hydrogen-bond donors (Lipinski definition) is 0. The highest BCUT2D eigenvalue weighted by atomic mass is 35.5. The third-order valence-corrected chi connectivity index (χ3v) is 6.14. The molecule has 1 fully saturated rings. The molecule has 9 heteroatoms. The molecule has 1 aliphatic rings. The Morgan fingerprint density at radius 1 is 1.06 bits per heavy atom. The number of alkyl halides is 6. The van der Waals surface area contributed by atoms with Crippen molar-refractivity contribution in [2.24, 2.45) is 0 Å². The number of allylic oxidation sites excluding steroid dienone is 2. The van der Waals surface area contributed by atoms with Crippen LogP contribution in [0.5, 0.6) is 5.75 Å². The average Bonchev–Trinajstić information content (AvgIpc) is 2.71. The summed E-state index contributed by atoms with van der Waals surface area (Å²) in [5.74, 6) is 0.512.